The third kappa shape index (κ3) is 1.87. The molecule has 1 heteroatoms. The van der Waals surface area contributed by atoms with E-state index in [0.717, 1.165) is 6.42 Å². The molecule has 0 saturated heterocycles. The molecule has 74 valence electrons. The number of rotatable bonds is 2. The number of Topliss-reactive ketones (excluding diaryl/α,β-unsaturated/α-hetero) is 1. The lowest BCUT2D eigenvalue weighted by Gasteiger charge is -2.06. The third-order valence-electron chi connectivity index (χ3n) is 2.69. The van der Waals surface area contributed by atoms with Gasteiger partial charge in [-0.05, 0) is 29.0 Å². The first-order valence-electron chi connectivity index (χ1n) is 5.27. The molecule has 2 rings (SSSR count). The van der Waals surface area contributed by atoms with Gasteiger partial charge in [-0.3, -0.25) is 4.79 Å². The molecule has 0 saturated carbocycles. The molecular weight excluding hydrogens is 172 g/mol. The lowest BCUT2D eigenvalue weighted by atomic mass is 9.99. The fourth-order valence-electron chi connectivity index (χ4n) is 2.10. The van der Waals surface area contributed by atoms with E-state index in [0.29, 0.717) is 24.5 Å². The van der Waals surface area contributed by atoms with Crippen molar-refractivity contribution in [3.8, 4) is 0 Å². The van der Waals surface area contributed by atoms with Gasteiger partial charge in [-0.2, -0.15) is 0 Å². The molecule has 1 aliphatic rings. The van der Waals surface area contributed by atoms with Gasteiger partial charge in [0.15, 0.2) is 0 Å². The minimum Gasteiger partial charge on any atom is -0.299 e. The summed E-state index contributed by atoms with van der Waals surface area (Å²) in [5.74, 6) is 1.05. The quantitative estimate of drug-likeness (QED) is 0.697. The number of carbonyl (C=O) groups excluding carboxylic acids is 1. The second-order valence-electron chi connectivity index (χ2n) is 4.59. The molecule has 0 unspecified atom stereocenters. The molecule has 14 heavy (non-hydrogen) atoms. The van der Waals surface area contributed by atoms with Crippen LogP contribution in [0.5, 0.6) is 0 Å². The zero-order valence-corrected chi connectivity index (χ0v) is 8.84. The summed E-state index contributed by atoms with van der Waals surface area (Å²) in [6.45, 7) is 4.44. The molecule has 1 nitrogen and oxygen atoms in total. The third-order valence-corrected chi connectivity index (χ3v) is 2.69. The van der Waals surface area contributed by atoms with E-state index in [2.05, 4.69) is 32.0 Å². The Morgan fingerprint density at radius 3 is 2.64 bits per heavy atom. The van der Waals surface area contributed by atoms with Gasteiger partial charge in [-0.15, -0.1) is 0 Å². The lowest BCUT2D eigenvalue weighted by molar-refractivity contribution is -0.117. The highest BCUT2D eigenvalue weighted by Crippen LogP contribution is 2.22. The van der Waals surface area contributed by atoms with E-state index in [1.54, 1.807) is 0 Å². The van der Waals surface area contributed by atoms with E-state index in [-0.39, 0.29) is 0 Å². The Morgan fingerprint density at radius 1 is 1.21 bits per heavy atom. The minimum absolute atomic E-state index is 0.363. The van der Waals surface area contributed by atoms with E-state index in [4.69, 9.17) is 0 Å². The van der Waals surface area contributed by atoms with Gasteiger partial charge in [0.2, 0.25) is 0 Å². The SMILES string of the molecule is CC(C)Cc1ccc2c(c1)CC(=O)C2. The van der Waals surface area contributed by atoms with Crippen molar-refractivity contribution in [1.29, 1.82) is 0 Å². The molecule has 1 aliphatic carbocycles. The van der Waals surface area contributed by atoms with Crippen molar-refractivity contribution in [3.63, 3.8) is 0 Å². The summed E-state index contributed by atoms with van der Waals surface area (Å²) in [6.07, 6.45) is 2.42. The average molecular weight is 188 g/mol. The van der Waals surface area contributed by atoms with Crippen molar-refractivity contribution in [1.82, 2.24) is 0 Å². The summed E-state index contributed by atoms with van der Waals surface area (Å²) in [6, 6.07) is 6.50. The Labute approximate surface area is 85.1 Å². The maximum absolute atomic E-state index is 11.2. The number of hydrogen-bond donors (Lipinski definition) is 0. The van der Waals surface area contributed by atoms with Crippen molar-refractivity contribution in [3.05, 3.63) is 34.9 Å². The number of ketones is 1. The predicted molar refractivity (Wildman–Crippen MR) is 57.4 cm³/mol. The molecule has 0 heterocycles. The van der Waals surface area contributed by atoms with Crippen LogP contribution < -0.4 is 0 Å². The van der Waals surface area contributed by atoms with Crippen LogP contribution in [0.25, 0.3) is 0 Å². The molecule has 0 aromatic heterocycles. The Morgan fingerprint density at radius 2 is 1.93 bits per heavy atom. The van der Waals surface area contributed by atoms with Crippen LogP contribution in [-0.2, 0) is 24.1 Å². The van der Waals surface area contributed by atoms with E-state index >= 15 is 0 Å². The first kappa shape index (κ1) is 9.45. The summed E-state index contributed by atoms with van der Waals surface area (Å²) in [5.41, 5.74) is 3.86. The maximum Gasteiger partial charge on any atom is 0.141 e. The summed E-state index contributed by atoms with van der Waals surface area (Å²) in [4.78, 5) is 11.2. The second-order valence-corrected chi connectivity index (χ2v) is 4.59. The molecule has 0 amide bonds. The van der Waals surface area contributed by atoms with Gasteiger partial charge in [0.05, 0.1) is 0 Å². The van der Waals surface area contributed by atoms with E-state index in [9.17, 15) is 4.79 Å². The highest BCUT2D eigenvalue weighted by atomic mass is 16.1. The highest BCUT2D eigenvalue weighted by Gasteiger charge is 2.18. The van der Waals surface area contributed by atoms with Gasteiger partial charge < -0.3 is 0 Å². The number of benzene rings is 1. The van der Waals surface area contributed by atoms with Gasteiger partial charge in [0.1, 0.15) is 5.78 Å². The molecule has 0 bridgehead atoms. The number of fused-ring (bicyclic) bond motifs is 1. The van der Waals surface area contributed by atoms with Gasteiger partial charge in [-0.1, -0.05) is 32.0 Å². The van der Waals surface area contributed by atoms with Crippen LogP contribution in [0.15, 0.2) is 18.2 Å². The Hall–Kier alpha value is -1.11. The van der Waals surface area contributed by atoms with Crippen LogP contribution in [0.2, 0.25) is 0 Å². The Bertz CT molecular complexity index is 363. The molecule has 0 N–H and O–H groups in total. The lowest BCUT2D eigenvalue weighted by Crippen LogP contribution is -1.95. The average Bonchev–Trinajstić information content (AvgIpc) is 2.42. The molecule has 0 fully saturated rings. The van der Waals surface area contributed by atoms with Gasteiger partial charge in [-0.25, -0.2) is 0 Å². The van der Waals surface area contributed by atoms with Crippen molar-refractivity contribution < 1.29 is 4.79 Å². The smallest absolute Gasteiger partial charge is 0.141 e. The van der Waals surface area contributed by atoms with Crippen LogP contribution in [0.1, 0.15) is 30.5 Å². The summed E-state index contributed by atoms with van der Waals surface area (Å²) in [7, 11) is 0. The van der Waals surface area contributed by atoms with Gasteiger partial charge >= 0.3 is 0 Å². The maximum atomic E-state index is 11.2. The fourth-order valence-corrected chi connectivity index (χ4v) is 2.10. The highest BCUT2D eigenvalue weighted by molar-refractivity contribution is 5.87. The number of carbonyl (C=O) groups is 1. The summed E-state index contributed by atoms with van der Waals surface area (Å²) < 4.78 is 0. The molecule has 1 aromatic carbocycles. The molecule has 0 spiro atoms. The van der Waals surface area contributed by atoms with Crippen LogP contribution >= 0.6 is 0 Å². The van der Waals surface area contributed by atoms with Crippen LogP contribution in [0.4, 0.5) is 0 Å². The monoisotopic (exact) mass is 188 g/mol. The minimum atomic E-state index is 0.363. The van der Waals surface area contributed by atoms with E-state index in [1.807, 2.05) is 0 Å². The van der Waals surface area contributed by atoms with Crippen LogP contribution in [0.3, 0.4) is 0 Å². The molecule has 0 radical (unpaired) electrons. The first-order chi connectivity index (χ1) is 6.65. The van der Waals surface area contributed by atoms with Crippen molar-refractivity contribution in [2.45, 2.75) is 33.1 Å². The van der Waals surface area contributed by atoms with Crippen molar-refractivity contribution in [2.24, 2.45) is 5.92 Å². The zero-order valence-electron chi connectivity index (χ0n) is 8.84. The van der Waals surface area contributed by atoms with Crippen molar-refractivity contribution >= 4 is 5.78 Å². The predicted octanol–water partition coefficient (Wildman–Crippen LogP) is 2.55. The summed E-state index contributed by atoms with van der Waals surface area (Å²) in [5, 5.41) is 0. The summed E-state index contributed by atoms with van der Waals surface area (Å²) >= 11 is 0. The molecular formula is C13H16O. The van der Waals surface area contributed by atoms with Crippen LogP contribution in [0, 0.1) is 5.92 Å². The van der Waals surface area contributed by atoms with E-state index < -0.39 is 0 Å². The van der Waals surface area contributed by atoms with Gasteiger partial charge in [0, 0.05) is 12.8 Å². The van der Waals surface area contributed by atoms with Crippen molar-refractivity contribution in [2.75, 3.05) is 0 Å². The Balaban J connectivity index is 2.24. The molecule has 0 aliphatic heterocycles. The number of hydrogen-bond acceptors (Lipinski definition) is 1. The van der Waals surface area contributed by atoms with Crippen LogP contribution in [-0.4, -0.2) is 5.78 Å². The zero-order chi connectivity index (χ0) is 10.1. The Kier molecular flexibility index (Phi) is 2.40. The topological polar surface area (TPSA) is 17.1 Å². The van der Waals surface area contributed by atoms with Gasteiger partial charge in [0.25, 0.3) is 0 Å². The van der Waals surface area contributed by atoms with E-state index in [1.165, 1.54) is 16.7 Å². The molecule has 1 aromatic rings. The molecule has 0 atom stereocenters. The standard InChI is InChI=1S/C13H16O/c1-9(2)5-10-3-4-11-7-13(14)8-12(11)6-10/h3-4,6,9H,5,7-8H2,1-2H3. The normalized spacial score (nSPS) is 14.9. The fraction of sp³-hybridized carbons (Fsp3) is 0.462. The largest absolute Gasteiger partial charge is 0.299 e. The first-order valence-corrected chi connectivity index (χ1v) is 5.27. The second kappa shape index (κ2) is 3.56.